The van der Waals surface area contributed by atoms with Gasteiger partial charge in [-0.2, -0.15) is 0 Å². The van der Waals surface area contributed by atoms with Crippen LogP contribution in [0.15, 0.2) is 72.8 Å². The lowest BCUT2D eigenvalue weighted by Gasteiger charge is -2.32. The Morgan fingerprint density at radius 3 is 2.69 bits per heavy atom. The fourth-order valence-corrected chi connectivity index (χ4v) is 4.10. The molecule has 4 rings (SSSR count). The minimum Gasteiger partial charge on any atom is -0.366 e. The molecule has 0 unspecified atom stereocenters. The van der Waals surface area contributed by atoms with Crippen molar-refractivity contribution in [2.45, 2.75) is 25.2 Å². The molecule has 1 aromatic heterocycles. The van der Waals surface area contributed by atoms with Crippen LogP contribution in [-0.2, 0) is 6.42 Å². The Balaban J connectivity index is 1.46. The summed E-state index contributed by atoms with van der Waals surface area (Å²) in [4.78, 5) is 19.0. The molecule has 1 aliphatic heterocycles. The number of aromatic nitrogens is 1. The largest absolute Gasteiger partial charge is 0.366 e. The van der Waals surface area contributed by atoms with Gasteiger partial charge < -0.3 is 10.6 Å². The number of carbonyl (C=O) groups is 1. The number of pyridine rings is 1. The number of benzene rings is 2. The lowest BCUT2D eigenvalue weighted by molar-refractivity contribution is 0.100. The van der Waals surface area contributed by atoms with Crippen molar-refractivity contribution in [3.05, 3.63) is 89.6 Å². The molecule has 29 heavy (non-hydrogen) atoms. The fourth-order valence-electron chi connectivity index (χ4n) is 4.10. The number of nitrogens with two attached hydrogens (primary N) is 1. The summed E-state index contributed by atoms with van der Waals surface area (Å²) in [5, 5.41) is 0. The number of piperidine rings is 1. The van der Waals surface area contributed by atoms with Crippen molar-refractivity contribution in [2.24, 2.45) is 5.73 Å². The zero-order valence-electron chi connectivity index (χ0n) is 16.6. The van der Waals surface area contributed by atoms with E-state index in [-0.39, 0.29) is 0 Å². The van der Waals surface area contributed by atoms with E-state index in [2.05, 4.69) is 47.4 Å². The summed E-state index contributed by atoms with van der Waals surface area (Å²) in [5.74, 6) is 0.0307. The van der Waals surface area contributed by atoms with Crippen LogP contribution in [0.3, 0.4) is 0 Å². The molecule has 3 aromatic rings. The number of hydrogen-bond acceptors (Lipinski definition) is 3. The maximum absolute atomic E-state index is 11.5. The van der Waals surface area contributed by atoms with Crippen LogP contribution in [0, 0.1) is 0 Å². The highest BCUT2D eigenvalue weighted by molar-refractivity contribution is 5.93. The quantitative estimate of drug-likeness (QED) is 0.689. The first-order chi connectivity index (χ1) is 14.2. The molecule has 0 spiro atoms. The number of hydrogen-bond donors (Lipinski definition) is 1. The summed E-state index contributed by atoms with van der Waals surface area (Å²) in [5.41, 5.74) is 10.3. The summed E-state index contributed by atoms with van der Waals surface area (Å²) in [6.07, 6.45) is 3.45. The second-order valence-electron chi connectivity index (χ2n) is 7.77. The zero-order chi connectivity index (χ0) is 20.1. The summed E-state index contributed by atoms with van der Waals surface area (Å²) in [6, 6.07) is 24.3. The monoisotopic (exact) mass is 385 g/mol. The van der Waals surface area contributed by atoms with E-state index in [1.807, 2.05) is 24.3 Å². The average molecular weight is 386 g/mol. The number of primary amides is 1. The van der Waals surface area contributed by atoms with E-state index in [9.17, 15) is 4.79 Å². The molecule has 0 aliphatic carbocycles. The van der Waals surface area contributed by atoms with Gasteiger partial charge in [0, 0.05) is 35.8 Å². The van der Waals surface area contributed by atoms with Crippen molar-refractivity contribution in [1.82, 2.24) is 9.88 Å². The Morgan fingerprint density at radius 2 is 1.86 bits per heavy atom. The van der Waals surface area contributed by atoms with Crippen LogP contribution in [0.1, 0.15) is 40.4 Å². The predicted octanol–water partition coefficient (Wildman–Crippen LogP) is 4.27. The van der Waals surface area contributed by atoms with Crippen LogP contribution < -0.4 is 5.73 Å². The number of nitrogens with zero attached hydrogens (tertiary/aromatic N) is 2. The van der Waals surface area contributed by atoms with Crippen molar-refractivity contribution in [3.63, 3.8) is 0 Å². The molecule has 2 heterocycles. The van der Waals surface area contributed by atoms with Gasteiger partial charge in [0.25, 0.3) is 0 Å². The Hall–Kier alpha value is -2.98. The fraction of sp³-hybridized carbons (Fsp3) is 0.280. The molecule has 2 aromatic carbocycles. The average Bonchev–Trinajstić information content (AvgIpc) is 2.79. The van der Waals surface area contributed by atoms with Crippen molar-refractivity contribution in [2.75, 3.05) is 19.6 Å². The van der Waals surface area contributed by atoms with Gasteiger partial charge in [-0.05, 0) is 55.6 Å². The summed E-state index contributed by atoms with van der Waals surface area (Å²) >= 11 is 0. The third-order valence-electron chi connectivity index (χ3n) is 5.70. The molecule has 0 radical (unpaired) electrons. The van der Waals surface area contributed by atoms with Gasteiger partial charge in [-0.1, -0.05) is 48.5 Å². The van der Waals surface area contributed by atoms with Crippen LogP contribution in [-0.4, -0.2) is 35.4 Å². The van der Waals surface area contributed by atoms with Crippen LogP contribution >= 0.6 is 0 Å². The van der Waals surface area contributed by atoms with Gasteiger partial charge in [0.05, 0.1) is 5.69 Å². The molecule has 1 amide bonds. The van der Waals surface area contributed by atoms with E-state index >= 15 is 0 Å². The molecule has 1 aliphatic rings. The zero-order valence-corrected chi connectivity index (χ0v) is 16.6. The lowest BCUT2D eigenvalue weighted by Crippen LogP contribution is -2.36. The predicted molar refractivity (Wildman–Crippen MR) is 117 cm³/mol. The molecule has 4 nitrogen and oxygen atoms in total. The van der Waals surface area contributed by atoms with Gasteiger partial charge in [-0.15, -0.1) is 0 Å². The summed E-state index contributed by atoms with van der Waals surface area (Å²) in [6.45, 7) is 3.29. The Morgan fingerprint density at radius 1 is 1.03 bits per heavy atom. The van der Waals surface area contributed by atoms with E-state index in [1.165, 1.54) is 18.4 Å². The van der Waals surface area contributed by atoms with Gasteiger partial charge >= 0.3 is 0 Å². The van der Waals surface area contributed by atoms with E-state index in [4.69, 9.17) is 10.7 Å². The first-order valence-corrected chi connectivity index (χ1v) is 10.3. The van der Waals surface area contributed by atoms with E-state index in [0.717, 1.165) is 43.0 Å². The van der Waals surface area contributed by atoms with Gasteiger partial charge in [0.15, 0.2) is 0 Å². The number of amides is 1. The van der Waals surface area contributed by atoms with E-state index < -0.39 is 5.91 Å². The van der Waals surface area contributed by atoms with Crippen LogP contribution in [0.2, 0.25) is 0 Å². The van der Waals surface area contributed by atoms with Crippen molar-refractivity contribution >= 4 is 5.91 Å². The topological polar surface area (TPSA) is 59.2 Å². The van der Waals surface area contributed by atoms with Crippen molar-refractivity contribution in [3.8, 4) is 11.3 Å². The molecule has 0 saturated carbocycles. The van der Waals surface area contributed by atoms with Gasteiger partial charge in [-0.25, -0.2) is 0 Å². The lowest BCUT2D eigenvalue weighted by atomic mass is 9.93. The molecular weight excluding hydrogens is 358 g/mol. The molecule has 2 N–H and O–H groups in total. The Kier molecular flexibility index (Phi) is 6.01. The number of likely N-dealkylation sites (tertiary alicyclic amines) is 1. The standard InChI is InChI=1S/C25H27N3O/c26-25(29)21-10-4-9-20(17-21)23-12-5-13-24(27-23)22-11-6-15-28(18-22)16-14-19-7-2-1-3-8-19/h1-5,7-10,12-13,17,22H,6,11,14-16,18H2,(H2,26,29)/t22-/m1/s1. The van der Waals surface area contributed by atoms with Gasteiger partial charge in [-0.3, -0.25) is 9.78 Å². The Bertz CT molecular complexity index is 971. The first kappa shape index (κ1) is 19.3. The van der Waals surface area contributed by atoms with Gasteiger partial charge in [0.1, 0.15) is 0 Å². The number of carbonyl (C=O) groups excluding carboxylic acids is 1. The minimum absolute atomic E-state index is 0.413. The Labute approximate surface area is 172 Å². The third kappa shape index (κ3) is 4.90. The highest BCUT2D eigenvalue weighted by Crippen LogP contribution is 2.28. The molecule has 148 valence electrons. The van der Waals surface area contributed by atoms with Crippen molar-refractivity contribution < 1.29 is 4.79 Å². The molecule has 0 bridgehead atoms. The number of rotatable bonds is 6. The third-order valence-corrected chi connectivity index (χ3v) is 5.70. The van der Waals surface area contributed by atoms with Gasteiger partial charge in [0.2, 0.25) is 5.91 Å². The summed E-state index contributed by atoms with van der Waals surface area (Å²) in [7, 11) is 0. The van der Waals surface area contributed by atoms with Crippen molar-refractivity contribution in [1.29, 1.82) is 0 Å². The smallest absolute Gasteiger partial charge is 0.248 e. The van der Waals surface area contributed by atoms with Crippen LogP contribution in [0.5, 0.6) is 0 Å². The molecule has 4 heteroatoms. The maximum atomic E-state index is 11.5. The van der Waals surface area contributed by atoms with E-state index in [1.54, 1.807) is 6.07 Å². The molecule has 1 fully saturated rings. The van der Waals surface area contributed by atoms with Crippen LogP contribution in [0.25, 0.3) is 11.3 Å². The normalized spacial score (nSPS) is 17.2. The highest BCUT2D eigenvalue weighted by atomic mass is 16.1. The molecule has 1 atom stereocenters. The summed E-state index contributed by atoms with van der Waals surface area (Å²) < 4.78 is 0. The molecular formula is C25H27N3O. The van der Waals surface area contributed by atoms with E-state index in [0.29, 0.717) is 11.5 Å². The molecule has 1 saturated heterocycles. The second-order valence-corrected chi connectivity index (χ2v) is 7.77. The second kappa shape index (κ2) is 9.01. The maximum Gasteiger partial charge on any atom is 0.248 e. The highest BCUT2D eigenvalue weighted by Gasteiger charge is 2.22. The van der Waals surface area contributed by atoms with Crippen LogP contribution in [0.4, 0.5) is 0 Å². The first-order valence-electron chi connectivity index (χ1n) is 10.3. The minimum atomic E-state index is -0.413. The SMILES string of the molecule is NC(=O)c1cccc(-c2cccc([C@@H]3CCCN(CCc4ccccc4)C3)n2)c1.